The minimum atomic E-state index is 0.0420. The average Bonchev–Trinajstić information content (AvgIpc) is 3.48. The Morgan fingerprint density at radius 1 is 1.11 bits per heavy atom. The monoisotopic (exact) mass is 368 g/mol. The molecule has 0 unspecified atom stereocenters. The Balaban J connectivity index is 1.49. The second kappa shape index (κ2) is 7.33. The molecular formula is C21H28N4O2. The number of nitrogens with zero attached hydrogens (tertiary/aromatic N) is 4. The molecule has 1 saturated heterocycles. The molecule has 6 heteroatoms. The first-order valence-corrected chi connectivity index (χ1v) is 10.1. The number of hydrogen-bond acceptors (Lipinski definition) is 3. The molecule has 1 aromatic carbocycles. The van der Waals surface area contributed by atoms with E-state index in [1.165, 1.54) is 12.8 Å². The average molecular weight is 368 g/mol. The van der Waals surface area contributed by atoms with Crippen LogP contribution in [0.5, 0.6) is 0 Å². The van der Waals surface area contributed by atoms with Gasteiger partial charge in [-0.05, 0) is 43.9 Å². The Hall–Kier alpha value is -2.37. The van der Waals surface area contributed by atoms with Gasteiger partial charge in [-0.2, -0.15) is 0 Å². The lowest BCUT2D eigenvalue weighted by molar-refractivity contribution is -0.131. The van der Waals surface area contributed by atoms with Crippen LogP contribution >= 0.6 is 0 Å². The van der Waals surface area contributed by atoms with Gasteiger partial charge in [0.25, 0.3) is 5.91 Å². The topological polar surface area (TPSA) is 58.4 Å². The van der Waals surface area contributed by atoms with Gasteiger partial charge in [0.15, 0.2) is 0 Å². The summed E-state index contributed by atoms with van der Waals surface area (Å²) < 4.78 is 2.16. The molecule has 0 bridgehead atoms. The molecule has 1 aromatic heterocycles. The summed E-state index contributed by atoms with van der Waals surface area (Å²) in [6.45, 7) is 4.69. The van der Waals surface area contributed by atoms with Crippen molar-refractivity contribution in [2.24, 2.45) is 7.05 Å². The lowest BCUT2D eigenvalue weighted by atomic mass is 10.1. The Morgan fingerprint density at radius 2 is 1.85 bits per heavy atom. The number of fused-ring (bicyclic) bond motifs is 1. The van der Waals surface area contributed by atoms with E-state index in [1.54, 1.807) is 0 Å². The summed E-state index contributed by atoms with van der Waals surface area (Å²) in [6, 6.07) is 5.85. The van der Waals surface area contributed by atoms with Crippen molar-refractivity contribution >= 4 is 22.8 Å². The van der Waals surface area contributed by atoms with Crippen molar-refractivity contribution < 1.29 is 9.59 Å². The maximum absolute atomic E-state index is 13.0. The predicted molar refractivity (Wildman–Crippen MR) is 105 cm³/mol. The van der Waals surface area contributed by atoms with Crippen LogP contribution in [0, 0.1) is 0 Å². The van der Waals surface area contributed by atoms with Gasteiger partial charge >= 0.3 is 0 Å². The van der Waals surface area contributed by atoms with E-state index in [9.17, 15) is 9.59 Å². The maximum atomic E-state index is 13.0. The molecule has 0 radical (unpaired) electrons. The predicted octanol–water partition coefficient (Wildman–Crippen LogP) is 2.93. The van der Waals surface area contributed by atoms with Crippen molar-refractivity contribution in [3.8, 4) is 0 Å². The van der Waals surface area contributed by atoms with Crippen LogP contribution in [0.2, 0.25) is 0 Å². The third-order valence-corrected chi connectivity index (χ3v) is 5.70. The number of amides is 2. The van der Waals surface area contributed by atoms with E-state index in [-0.39, 0.29) is 11.8 Å². The highest BCUT2D eigenvalue weighted by Crippen LogP contribution is 2.40. The first kappa shape index (κ1) is 18.0. The minimum Gasteiger partial charge on any atom is -0.341 e. The van der Waals surface area contributed by atoms with Crippen molar-refractivity contribution in [3.63, 3.8) is 0 Å². The van der Waals surface area contributed by atoms with Crippen LogP contribution in [0.3, 0.4) is 0 Å². The summed E-state index contributed by atoms with van der Waals surface area (Å²) in [7, 11) is 2.06. The van der Waals surface area contributed by atoms with Crippen molar-refractivity contribution in [2.45, 2.75) is 44.9 Å². The van der Waals surface area contributed by atoms with E-state index in [2.05, 4.69) is 11.6 Å². The molecule has 0 atom stereocenters. The normalized spacial score (nSPS) is 18.0. The molecule has 2 aromatic rings. The molecule has 1 saturated carbocycles. The Labute approximate surface area is 160 Å². The lowest BCUT2D eigenvalue weighted by Crippen LogP contribution is -2.37. The van der Waals surface area contributed by atoms with Crippen LogP contribution in [0.15, 0.2) is 18.2 Å². The first-order chi connectivity index (χ1) is 13.1. The van der Waals surface area contributed by atoms with Crippen molar-refractivity contribution in [3.05, 3.63) is 29.6 Å². The Bertz CT molecular complexity index is 868. The zero-order valence-electron chi connectivity index (χ0n) is 16.3. The van der Waals surface area contributed by atoms with Gasteiger partial charge in [-0.15, -0.1) is 0 Å². The molecule has 1 aliphatic heterocycles. The molecular weight excluding hydrogens is 340 g/mol. The summed E-state index contributed by atoms with van der Waals surface area (Å²) in [6.07, 6.45) is 4.71. The van der Waals surface area contributed by atoms with Crippen LogP contribution < -0.4 is 0 Å². The van der Waals surface area contributed by atoms with E-state index in [0.717, 1.165) is 36.2 Å². The highest BCUT2D eigenvalue weighted by molar-refractivity contribution is 5.97. The molecule has 2 heterocycles. The van der Waals surface area contributed by atoms with Crippen LogP contribution in [0.1, 0.15) is 61.1 Å². The number of hydrogen-bond donors (Lipinski definition) is 0. The van der Waals surface area contributed by atoms with Crippen molar-refractivity contribution in [1.82, 2.24) is 19.4 Å². The van der Waals surface area contributed by atoms with Gasteiger partial charge in [-0.1, -0.05) is 6.92 Å². The zero-order chi connectivity index (χ0) is 19.0. The van der Waals surface area contributed by atoms with Crippen molar-refractivity contribution in [2.75, 3.05) is 26.2 Å². The molecule has 0 N–H and O–H groups in total. The third-order valence-electron chi connectivity index (χ3n) is 5.70. The summed E-state index contributed by atoms with van der Waals surface area (Å²) in [4.78, 5) is 33.7. The number of imidazole rings is 1. The fraction of sp³-hybridized carbons (Fsp3) is 0.571. The standard InChI is InChI=1S/C21H28N4O2/c1-3-5-19(26)24-10-4-11-25(13-12-24)21(27)16-8-9-18-17(14-16)22-20(23(18)2)15-6-7-15/h8-9,14-15H,3-7,10-13H2,1-2H3. The quantitative estimate of drug-likeness (QED) is 0.834. The van der Waals surface area contributed by atoms with Gasteiger partial charge in [-0.25, -0.2) is 4.98 Å². The molecule has 0 spiro atoms. The SMILES string of the molecule is CCCC(=O)N1CCCN(C(=O)c2ccc3c(c2)nc(C2CC2)n3C)CC1. The third kappa shape index (κ3) is 3.57. The smallest absolute Gasteiger partial charge is 0.253 e. The molecule has 4 rings (SSSR count). The van der Waals surface area contributed by atoms with Crippen LogP contribution in [-0.4, -0.2) is 57.3 Å². The van der Waals surface area contributed by atoms with E-state index < -0.39 is 0 Å². The highest BCUT2D eigenvalue weighted by atomic mass is 16.2. The maximum Gasteiger partial charge on any atom is 0.253 e. The zero-order valence-corrected chi connectivity index (χ0v) is 16.3. The number of benzene rings is 1. The molecule has 1 aliphatic carbocycles. The molecule has 6 nitrogen and oxygen atoms in total. The Kier molecular flexibility index (Phi) is 4.89. The molecule has 144 valence electrons. The van der Waals surface area contributed by atoms with Gasteiger partial charge in [0.1, 0.15) is 5.82 Å². The fourth-order valence-corrected chi connectivity index (χ4v) is 3.98. The van der Waals surface area contributed by atoms with E-state index >= 15 is 0 Å². The largest absolute Gasteiger partial charge is 0.341 e. The van der Waals surface area contributed by atoms with E-state index in [1.807, 2.05) is 34.9 Å². The van der Waals surface area contributed by atoms with Crippen LogP contribution in [0.4, 0.5) is 0 Å². The van der Waals surface area contributed by atoms with Gasteiger partial charge in [0.05, 0.1) is 11.0 Å². The second-order valence-electron chi connectivity index (χ2n) is 7.78. The lowest BCUT2D eigenvalue weighted by Gasteiger charge is -2.22. The number of aromatic nitrogens is 2. The van der Waals surface area contributed by atoms with E-state index in [0.29, 0.717) is 37.5 Å². The summed E-state index contributed by atoms with van der Waals surface area (Å²) in [5, 5.41) is 0. The molecule has 2 amide bonds. The second-order valence-corrected chi connectivity index (χ2v) is 7.78. The van der Waals surface area contributed by atoms with Crippen LogP contribution in [-0.2, 0) is 11.8 Å². The van der Waals surface area contributed by atoms with Gasteiger partial charge in [0, 0.05) is 51.1 Å². The molecule has 27 heavy (non-hydrogen) atoms. The summed E-state index contributed by atoms with van der Waals surface area (Å²) in [5.74, 6) is 1.96. The fourth-order valence-electron chi connectivity index (χ4n) is 3.98. The number of carbonyl (C=O) groups excluding carboxylic acids is 2. The number of aryl methyl sites for hydroxylation is 1. The molecule has 2 fully saturated rings. The van der Waals surface area contributed by atoms with Gasteiger partial charge < -0.3 is 14.4 Å². The summed E-state index contributed by atoms with van der Waals surface area (Å²) >= 11 is 0. The Morgan fingerprint density at radius 3 is 2.59 bits per heavy atom. The first-order valence-electron chi connectivity index (χ1n) is 10.1. The van der Waals surface area contributed by atoms with Crippen LogP contribution in [0.25, 0.3) is 11.0 Å². The molecule has 2 aliphatic rings. The number of carbonyl (C=O) groups is 2. The van der Waals surface area contributed by atoms with E-state index in [4.69, 9.17) is 4.98 Å². The van der Waals surface area contributed by atoms with Gasteiger partial charge in [0.2, 0.25) is 5.91 Å². The summed E-state index contributed by atoms with van der Waals surface area (Å²) in [5.41, 5.74) is 2.68. The minimum absolute atomic E-state index is 0.0420. The van der Waals surface area contributed by atoms with Crippen molar-refractivity contribution in [1.29, 1.82) is 0 Å². The highest BCUT2D eigenvalue weighted by Gasteiger charge is 2.29. The number of rotatable bonds is 4. The van der Waals surface area contributed by atoms with Gasteiger partial charge in [-0.3, -0.25) is 9.59 Å².